The van der Waals surface area contributed by atoms with Crippen LogP contribution >= 0.6 is 11.6 Å². The number of hydrogen-bond acceptors (Lipinski definition) is 7. The second-order valence-corrected chi connectivity index (χ2v) is 12.5. The molecule has 4 aromatic heterocycles. The number of halogens is 3. The first-order valence-electron chi connectivity index (χ1n) is 15.9. The molecule has 1 aliphatic rings. The van der Waals surface area contributed by atoms with Crippen LogP contribution < -0.4 is 10.5 Å². The maximum atomic E-state index is 15.8. The van der Waals surface area contributed by atoms with Gasteiger partial charge in [-0.3, -0.25) is 4.79 Å². The number of imidazole rings is 1. The van der Waals surface area contributed by atoms with E-state index >= 15 is 8.78 Å². The number of aromatic amines is 1. The van der Waals surface area contributed by atoms with E-state index in [0.717, 1.165) is 11.1 Å². The number of aromatic nitrogens is 8. The van der Waals surface area contributed by atoms with Gasteiger partial charge in [-0.05, 0) is 76.4 Å². The Kier molecular flexibility index (Phi) is 8.21. The van der Waals surface area contributed by atoms with Crippen molar-refractivity contribution in [2.24, 2.45) is 0 Å². The van der Waals surface area contributed by atoms with Gasteiger partial charge in [-0.15, -0.1) is 5.10 Å². The first kappa shape index (κ1) is 31.3. The molecule has 1 atom stereocenters. The van der Waals surface area contributed by atoms with Gasteiger partial charge in [-0.25, -0.2) is 4.98 Å². The van der Waals surface area contributed by atoms with Crippen molar-refractivity contribution in [1.29, 1.82) is 0 Å². The zero-order valence-electron chi connectivity index (χ0n) is 26.4. The number of nitrogens with one attached hydrogen (secondary N) is 1. The second kappa shape index (κ2) is 13.1. The Morgan fingerprint density at radius 3 is 2.26 bits per heavy atom. The van der Waals surface area contributed by atoms with E-state index < -0.39 is 17.9 Å². The molecule has 5 heterocycles. The van der Waals surface area contributed by atoms with Crippen LogP contribution in [0.4, 0.5) is 14.6 Å². The minimum Gasteiger partial charge on any atom is -0.348 e. The van der Waals surface area contributed by atoms with E-state index in [-0.39, 0.29) is 22.6 Å². The highest BCUT2D eigenvalue weighted by Gasteiger charge is 2.31. The average molecular weight is 688 g/mol. The molecule has 1 aliphatic heterocycles. The van der Waals surface area contributed by atoms with Crippen molar-refractivity contribution in [3.63, 3.8) is 0 Å². The molecule has 50 heavy (non-hydrogen) atoms. The molecule has 248 valence electrons. The third-order valence-electron chi connectivity index (χ3n) is 8.86. The van der Waals surface area contributed by atoms with Crippen LogP contribution in [0.25, 0.3) is 28.2 Å². The van der Waals surface area contributed by atoms with Crippen molar-refractivity contribution in [1.82, 2.24) is 39.7 Å². The SMILES string of the molecule is O=c1cc(-c2cc(Cl)ccc2-n2cnnn2)cc2n1[C@H](c1[nH]c(-c3ccc(N(Cc4ccccc4)Cc4ccccc4)nc3F)nc1F)CC2. The molecule has 8 rings (SSSR count). The molecule has 10 nitrogen and oxygen atoms in total. The smallest absolute Gasteiger partial charge is 0.251 e. The maximum Gasteiger partial charge on any atom is 0.251 e. The molecule has 0 spiro atoms. The Labute approximate surface area is 289 Å². The first-order valence-corrected chi connectivity index (χ1v) is 16.3. The molecule has 0 saturated heterocycles. The molecular formula is C37H28ClF2N9O. The van der Waals surface area contributed by atoms with Crippen LogP contribution in [0.5, 0.6) is 0 Å². The average Bonchev–Trinajstić information content (AvgIpc) is 3.90. The number of hydrogen-bond donors (Lipinski definition) is 1. The number of pyridine rings is 2. The van der Waals surface area contributed by atoms with Crippen LogP contribution in [0.2, 0.25) is 5.02 Å². The highest BCUT2D eigenvalue weighted by atomic mass is 35.5. The molecule has 0 bridgehead atoms. The zero-order chi connectivity index (χ0) is 34.2. The molecule has 1 N–H and O–H groups in total. The lowest BCUT2D eigenvalue weighted by Crippen LogP contribution is -2.24. The van der Waals surface area contributed by atoms with Crippen molar-refractivity contribution in [3.8, 4) is 28.2 Å². The van der Waals surface area contributed by atoms with Crippen molar-refractivity contribution < 1.29 is 8.78 Å². The molecule has 13 heteroatoms. The minimum absolute atomic E-state index is 0.00477. The summed E-state index contributed by atoms with van der Waals surface area (Å²) in [7, 11) is 0. The first-order chi connectivity index (χ1) is 24.4. The van der Waals surface area contributed by atoms with Gasteiger partial charge in [0.2, 0.25) is 11.9 Å². The fourth-order valence-electron chi connectivity index (χ4n) is 6.55. The normalized spacial score (nSPS) is 13.8. The lowest BCUT2D eigenvalue weighted by molar-refractivity contribution is 0.515. The summed E-state index contributed by atoms with van der Waals surface area (Å²) in [5.41, 5.74) is 4.55. The minimum atomic E-state index is -0.803. The fraction of sp³-hybridized carbons (Fsp3) is 0.135. The molecule has 0 unspecified atom stereocenters. The van der Waals surface area contributed by atoms with E-state index in [0.29, 0.717) is 59.3 Å². The summed E-state index contributed by atoms with van der Waals surface area (Å²) in [5.74, 6) is -1.17. The van der Waals surface area contributed by atoms with Gasteiger partial charge in [-0.1, -0.05) is 72.3 Å². The Morgan fingerprint density at radius 2 is 1.58 bits per heavy atom. The second-order valence-electron chi connectivity index (χ2n) is 12.0. The van der Waals surface area contributed by atoms with Gasteiger partial charge in [0.05, 0.1) is 23.0 Å². The van der Waals surface area contributed by atoms with Gasteiger partial charge >= 0.3 is 0 Å². The van der Waals surface area contributed by atoms with Crippen LogP contribution in [-0.2, 0) is 19.5 Å². The lowest BCUT2D eigenvalue weighted by atomic mass is 10.0. The Balaban J connectivity index is 1.09. The molecule has 0 amide bonds. The number of benzene rings is 3. The molecule has 3 aromatic carbocycles. The monoisotopic (exact) mass is 687 g/mol. The Bertz CT molecular complexity index is 2320. The third-order valence-corrected chi connectivity index (χ3v) is 9.10. The summed E-state index contributed by atoms with van der Waals surface area (Å²) >= 11 is 6.33. The predicted molar refractivity (Wildman–Crippen MR) is 185 cm³/mol. The standard InChI is InChI=1S/C37H28ClF2N9O/c38-26-11-14-30(48-22-41-45-46-48)29(19-26)25-17-27-12-15-31(49(27)33(50)18-25)34-36(40)44-37(43-34)28-13-16-32(42-35(28)39)47(20-23-7-3-1-4-8-23)21-24-9-5-2-6-10-24/h1-11,13-14,16-19,22,31H,12,15,20-21H2,(H,43,44)/t31-/m0/s1. The number of fused-ring (bicyclic) bond motifs is 1. The van der Waals surface area contributed by atoms with Gasteiger partial charge in [0.25, 0.3) is 5.56 Å². The summed E-state index contributed by atoms with van der Waals surface area (Å²) in [6.07, 6.45) is 2.41. The van der Waals surface area contributed by atoms with Crippen LogP contribution in [0.1, 0.15) is 35.0 Å². The van der Waals surface area contributed by atoms with Crippen molar-refractivity contribution >= 4 is 17.4 Å². The quantitative estimate of drug-likeness (QED) is 0.164. The van der Waals surface area contributed by atoms with Crippen LogP contribution in [0.15, 0.2) is 114 Å². The predicted octanol–water partition coefficient (Wildman–Crippen LogP) is 6.95. The molecule has 7 aromatic rings. The lowest BCUT2D eigenvalue weighted by Gasteiger charge is -2.24. The van der Waals surface area contributed by atoms with Gasteiger partial charge in [-0.2, -0.15) is 18.4 Å². The van der Waals surface area contributed by atoms with Crippen molar-refractivity contribution in [3.05, 3.63) is 159 Å². The van der Waals surface area contributed by atoms with E-state index in [4.69, 9.17) is 11.6 Å². The van der Waals surface area contributed by atoms with Crippen molar-refractivity contribution in [2.45, 2.75) is 32.0 Å². The molecule has 0 aliphatic carbocycles. The molecular weight excluding hydrogens is 660 g/mol. The fourth-order valence-corrected chi connectivity index (χ4v) is 6.72. The number of H-pyrrole nitrogens is 1. The number of rotatable bonds is 9. The number of aryl methyl sites for hydroxylation is 1. The van der Waals surface area contributed by atoms with Gasteiger partial charge in [0.15, 0.2) is 0 Å². The zero-order valence-corrected chi connectivity index (χ0v) is 27.2. The number of anilines is 1. The third kappa shape index (κ3) is 6.05. The molecule has 0 fully saturated rings. The Hall–Kier alpha value is -6.01. The number of tetrazole rings is 1. The Morgan fingerprint density at radius 1 is 0.840 bits per heavy atom. The van der Waals surface area contributed by atoms with E-state index in [1.807, 2.05) is 71.6 Å². The van der Waals surface area contributed by atoms with Gasteiger partial charge in [0.1, 0.15) is 18.0 Å². The van der Waals surface area contributed by atoms with E-state index in [1.165, 1.54) is 17.1 Å². The number of nitrogens with zero attached hydrogens (tertiary/aromatic N) is 8. The highest BCUT2D eigenvalue weighted by molar-refractivity contribution is 6.31. The van der Waals surface area contributed by atoms with Crippen LogP contribution in [0, 0.1) is 11.9 Å². The molecule has 0 radical (unpaired) electrons. The molecule has 0 saturated carbocycles. The summed E-state index contributed by atoms with van der Waals surface area (Å²) in [6, 6.07) is 31.0. The topological polar surface area (TPSA) is 110 Å². The van der Waals surface area contributed by atoms with Crippen LogP contribution in [-0.4, -0.2) is 39.7 Å². The van der Waals surface area contributed by atoms with E-state index in [1.54, 1.807) is 34.9 Å². The summed E-state index contributed by atoms with van der Waals surface area (Å²) < 4.78 is 34.4. The van der Waals surface area contributed by atoms with Crippen LogP contribution in [0.3, 0.4) is 0 Å². The summed E-state index contributed by atoms with van der Waals surface area (Å²) in [4.78, 5) is 26.9. The maximum absolute atomic E-state index is 15.8. The van der Waals surface area contributed by atoms with Gasteiger partial charge < -0.3 is 14.5 Å². The highest BCUT2D eigenvalue weighted by Crippen LogP contribution is 2.36. The largest absolute Gasteiger partial charge is 0.348 e. The summed E-state index contributed by atoms with van der Waals surface area (Å²) in [6.45, 7) is 1.02. The van der Waals surface area contributed by atoms with E-state index in [9.17, 15) is 4.79 Å². The van der Waals surface area contributed by atoms with E-state index in [2.05, 4.69) is 30.5 Å². The van der Waals surface area contributed by atoms with Gasteiger partial charge in [0, 0.05) is 35.4 Å². The van der Waals surface area contributed by atoms with Crippen molar-refractivity contribution in [2.75, 3.05) is 4.90 Å². The summed E-state index contributed by atoms with van der Waals surface area (Å²) in [5, 5.41) is 11.9.